The summed E-state index contributed by atoms with van der Waals surface area (Å²) in [6, 6.07) is 0. The van der Waals surface area contributed by atoms with E-state index in [-0.39, 0.29) is 0 Å². The minimum absolute atomic E-state index is 0.601. The van der Waals surface area contributed by atoms with E-state index in [2.05, 4.69) is 19.2 Å². The maximum Gasteiger partial charge on any atom is 0.0193 e. The van der Waals surface area contributed by atoms with Gasteiger partial charge in [0.1, 0.15) is 0 Å². The van der Waals surface area contributed by atoms with Gasteiger partial charge in [-0.05, 0) is 44.1 Å². The van der Waals surface area contributed by atoms with Crippen LogP contribution < -0.4 is 5.32 Å². The van der Waals surface area contributed by atoms with E-state index in [0.29, 0.717) is 5.54 Å². The topological polar surface area (TPSA) is 12.0 Å². The summed E-state index contributed by atoms with van der Waals surface area (Å²) in [6.45, 7) is 6.04. The Morgan fingerprint density at radius 1 is 1.15 bits per heavy atom. The van der Waals surface area contributed by atoms with Crippen molar-refractivity contribution in [3.63, 3.8) is 0 Å². The van der Waals surface area contributed by atoms with Crippen molar-refractivity contribution in [3.05, 3.63) is 0 Å². The largest absolute Gasteiger partial charge is 0.311 e. The van der Waals surface area contributed by atoms with Gasteiger partial charge >= 0.3 is 0 Å². The summed E-state index contributed by atoms with van der Waals surface area (Å²) in [5, 5.41) is 3.66. The molecule has 0 amide bonds. The molecule has 2 unspecified atom stereocenters. The average molecular weight is 181 g/mol. The molecule has 0 radical (unpaired) electrons. The maximum atomic E-state index is 3.66. The second kappa shape index (κ2) is 3.61. The smallest absolute Gasteiger partial charge is 0.0193 e. The van der Waals surface area contributed by atoms with E-state index in [1.54, 1.807) is 0 Å². The first-order valence-electron chi connectivity index (χ1n) is 5.97. The Kier molecular flexibility index (Phi) is 2.64. The molecule has 2 fully saturated rings. The molecule has 0 aromatic carbocycles. The van der Waals surface area contributed by atoms with Crippen LogP contribution in [0.3, 0.4) is 0 Å². The van der Waals surface area contributed by atoms with Gasteiger partial charge < -0.3 is 5.32 Å². The summed E-state index contributed by atoms with van der Waals surface area (Å²) in [7, 11) is 0. The lowest BCUT2D eigenvalue weighted by molar-refractivity contribution is 0.176. The van der Waals surface area contributed by atoms with Gasteiger partial charge in [0.2, 0.25) is 0 Å². The zero-order valence-electron chi connectivity index (χ0n) is 9.10. The van der Waals surface area contributed by atoms with Gasteiger partial charge in [-0.25, -0.2) is 0 Å². The van der Waals surface area contributed by atoms with Crippen LogP contribution in [0.2, 0.25) is 0 Å². The molecule has 1 heterocycles. The van der Waals surface area contributed by atoms with Crippen LogP contribution >= 0.6 is 0 Å². The third-order valence-corrected chi connectivity index (χ3v) is 4.27. The quantitative estimate of drug-likeness (QED) is 0.656. The molecule has 0 aromatic heterocycles. The fraction of sp³-hybridized carbons (Fsp3) is 1.00. The second-order valence-electron chi connectivity index (χ2n) is 5.39. The maximum absolute atomic E-state index is 3.66. The van der Waals surface area contributed by atoms with Crippen molar-refractivity contribution in [1.29, 1.82) is 0 Å². The normalized spacial score (nSPS) is 40.4. The zero-order valence-corrected chi connectivity index (χ0v) is 9.10. The van der Waals surface area contributed by atoms with Crippen molar-refractivity contribution < 1.29 is 0 Å². The van der Waals surface area contributed by atoms with E-state index in [9.17, 15) is 0 Å². The summed E-state index contributed by atoms with van der Waals surface area (Å²) in [6.07, 6.45) is 8.71. The highest BCUT2D eigenvalue weighted by atomic mass is 15.0. The van der Waals surface area contributed by atoms with Crippen molar-refractivity contribution in [2.75, 3.05) is 6.54 Å². The predicted molar refractivity (Wildman–Crippen MR) is 56.8 cm³/mol. The van der Waals surface area contributed by atoms with Crippen molar-refractivity contribution >= 4 is 0 Å². The van der Waals surface area contributed by atoms with Gasteiger partial charge in [-0.3, -0.25) is 0 Å². The Bertz CT molecular complexity index is 170. The Morgan fingerprint density at radius 2 is 1.92 bits per heavy atom. The van der Waals surface area contributed by atoms with Gasteiger partial charge in [-0.15, -0.1) is 0 Å². The molecule has 1 aliphatic carbocycles. The van der Waals surface area contributed by atoms with Gasteiger partial charge in [0, 0.05) is 5.54 Å². The minimum atomic E-state index is 0.601. The fourth-order valence-electron chi connectivity index (χ4n) is 3.01. The highest BCUT2D eigenvalue weighted by Gasteiger charge is 2.38. The van der Waals surface area contributed by atoms with E-state index in [4.69, 9.17) is 0 Å². The molecule has 2 aliphatic rings. The number of hydrogen-bond acceptors (Lipinski definition) is 1. The molecule has 13 heavy (non-hydrogen) atoms. The minimum Gasteiger partial charge on any atom is -0.311 e. The van der Waals surface area contributed by atoms with Crippen molar-refractivity contribution in [2.45, 2.75) is 57.9 Å². The number of rotatable bonds is 1. The molecule has 1 N–H and O–H groups in total. The van der Waals surface area contributed by atoms with Crippen LogP contribution in [0, 0.1) is 11.8 Å². The van der Waals surface area contributed by atoms with E-state index in [1.807, 2.05) is 0 Å². The molecule has 1 spiro atoms. The van der Waals surface area contributed by atoms with Crippen molar-refractivity contribution in [1.82, 2.24) is 5.32 Å². The lowest BCUT2D eigenvalue weighted by Gasteiger charge is -2.43. The molecule has 76 valence electrons. The van der Waals surface area contributed by atoms with Gasteiger partial charge in [0.15, 0.2) is 0 Å². The van der Waals surface area contributed by atoms with Gasteiger partial charge in [-0.1, -0.05) is 26.7 Å². The molecule has 1 nitrogen and oxygen atoms in total. The molecule has 1 saturated carbocycles. The van der Waals surface area contributed by atoms with Gasteiger partial charge in [0.05, 0.1) is 0 Å². The number of nitrogens with one attached hydrogen (secondary N) is 1. The van der Waals surface area contributed by atoms with Crippen molar-refractivity contribution in [3.8, 4) is 0 Å². The molecule has 2 rings (SSSR count). The van der Waals surface area contributed by atoms with Crippen LogP contribution in [0.15, 0.2) is 0 Å². The van der Waals surface area contributed by atoms with Gasteiger partial charge in [-0.2, -0.15) is 0 Å². The molecular formula is C12H23N. The van der Waals surface area contributed by atoms with E-state index < -0.39 is 0 Å². The van der Waals surface area contributed by atoms with Crippen molar-refractivity contribution in [2.24, 2.45) is 11.8 Å². The average Bonchev–Trinajstić information content (AvgIpc) is 2.24. The van der Waals surface area contributed by atoms with E-state index >= 15 is 0 Å². The molecule has 1 aliphatic heterocycles. The second-order valence-corrected chi connectivity index (χ2v) is 5.39. The number of hydrogen-bond donors (Lipinski definition) is 1. The Morgan fingerprint density at radius 3 is 2.46 bits per heavy atom. The van der Waals surface area contributed by atoms with E-state index in [0.717, 1.165) is 11.8 Å². The molecule has 2 atom stereocenters. The first kappa shape index (κ1) is 9.51. The summed E-state index contributed by atoms with van der Waals surface area (Å²) in [5.74, 6) is 1.90. The summed E-state index contributed by atoms with van der Waals surface area (Å²) < 4.78 is 0. The standard InChI is InChI=1S/C12H23N/c1-10(2)11-4-3-6-12(7-5-11)8-9-13-12/h10-11,13H,3-9H2,1-2H3. The van der Waals surface area contributed by atoms with Crippen LogP contribution in [-0.4, -0.2) is 12.1 Å². The Labute approximate surface area is 82.3 Å². The molecule has 1 heteroatoms. The summed E-state index contributed by atoms with van der Waals surface area (Å²) in [4.78, 5) is 0. The SMILES string of the molecule is CC(C)C1CCCC2(CCN2)CC1. The monoisotopic (exact) mass is 181 g/mol. The Hall–Kier alpha value is -0.0400. The lowest BCUT2D eigenvalue weighted by Crippen LogP contribution is -2.56. The third kappa shape index (κ3) is 1.90. The lowest BCUT2D eigenvalue weighted by atomic mass is 9.80. The first-order valence-corrected chi connectivity index (χ1v) is 5.97. The Balaban J connectivity index is 1.90. The van der Waals surface area contributed by atoms with E-state index in [1.165, 1.54) is 45.1 Å². The summed E-state index contributed by atoms with van der Waals surface area (Å²) >= 11 is 0. The fourth-order valence-corrected chi connectivity index (χ4v) is 3.01. The molecule has 0 bridgehead atoms. The highest BCUT2D eigenvalue weighted by molar-refractivity contribution is 4.98. The van der Waals surface area contributed by atoms with Crippen LogP contribution in [0.1, 0.15) is 52.4 Å². The van der Waals surface area contributed by atoms with Crippen LogP contribution in [0.25, 0.3) is 0 Å². The first-order chi connectivity index (χ1) is 6.22. The third-order valence-electron chi connectivity index (χ3n) is 4.27. The zero-order chi connectivity index (χ0) is 9.31. The molecule has 1 saturated heterocycles. The van der Waals surface area contributed by atoms with Crippen LogP contribution in [0.4, 0.5) is 0 Å². The predicted octanol–water partition coefficient (Wildman–Crippen LogP) is 2.95. The van der Waals surface area contributed by atoms with Gasteiger partial charge in [0.25, 0.3) is 0 Å². The van der Waals surface area contributed by atoms with Crippen LogP contribution in [-0.2, 0) is 0 Å². The van der Waals surface area contributed by atoms with Crippen LogP contribution in [0.5, 0.6) is 0 Å². The molecular weight excluding hydrogens is 158 g/mol. The molecule has 0 aromatic rings. The highest BCUT2D eigenvalue weighted by Crippen LogP contribution is 2.38. The summed E-state index contributed by atoms with van der Waals surface area (Å²) in [5.41, 5.74) is 0.601.